The monoisotopic (exact) mass is 277 g/mol. The number of methoxy groups -OCH3 is 1. The third kappa shape index (κ3) is 4.08. The molecule has 1 aromatic carbocycles. The lowest BCUT2D eigenvalue weighted by atomic mass is 9.78. The second-order valence-corrected chi connectivity index (χ2v) is 5.89. The fourth-order valence-electron chi connectivity index (χ4n) is 2.23. The van der Waals surface area contributed by atoms with Crippen LogP contribution in [0.2, 0.25) is 0 Å². The molecule has 0 bridgehead atoms. The van der Waals surface area contributed by atoms with Gasteiger partial charge in [-0.2, -0.15) is 0 Å². The van der Waals surface area contributed by atoms with Crippen LogP contribution >= 0.6 is 0 Å². The summed E-state index contributed by atoms with van der Waals surface area (Å²) in [4.78, 5) is 23.6. The van der Waals surface area contributed by atoms with E-state index in [2.05, 4.69) is 30.8 Å². The number of hydrogen-bond acceptors (Lipinski definition) is 3. The molecule has 4 heteroatoms. The number of anilines is 1. The lowest BCUT2D eigenvalue weighted by Gasteiger charge is -2.28. The van der Waals surface area contributed by atoms with Crippen LogP contribution < -0.4 is 5.32 Å². The third-order valence-corrected chi connectivity index (χ3v) is 3.34. The molecule has 20 heavy (non-hydrogen) atoms. The number of carbonyl (C=O) groups excluding carboxylic acids is 2. The van der Waals surface area contributed by atoms with Crippen molar-refractivity contribution in [3.05, 3.63) is 29.8 Å². The van der Waals surface area contributed by atoms with Gasteiger partial charge in [0.15, 0.2) is 0 Å². The zero-order chi connectivity index (χ0) is 15.3. The van der Waals surface area contributed by atoms with Gasteiger partial charge in [-0.15, -0.1) is 0 Å². The van der Waals surface area contributed by atoms with E-state index in [1.54, 1.807) is 24.3 Å². The number of benzene rings is 1. The van der Waals surface area contributed by atoms with E-state index in [1.807, 2.05) is 6.92 Å². The summed E-state index contributed by atoms with van der Waals surface area (Å²) in [5.41, 5.74) is 1.07. The van der Waals surface area contributed by atoms with Gasteiger partial charge in [0.1, 0.15) is 0 Å². The predicted molar refractivity (Wildman–Crippen MR) is 79.6 cm³/mol. The summed E-state index contributed by atoms with van der Waals surface area (Å²) in [5.74, 6) is -0.433. The van der Waals surface area contributed by atoms with E-state index in [4.69, 9.17) is 0 Å². The molecule has 0 heterocycles. The largest absolute Gasteiger partial charge is 0.465 e. The Morgan fingerprint density at radius 3 is 2.15 bits per heavy atom. The standard InChI is InChI=1S/C16H23NO3/c1-6-13(16(2,3)4)14(18)17-12-9-7-11(8-10-12)15(19)20-5/h7-10,13H,6H2,1-5H3,(H,17,18). The third-order valence-electron chi connectivity index (χ3n) is 3.34. The quantitative estimate of drug-likeness (QED) is 0.857. The summed E-state index contributed by atoms with van der Waals surface area (Å²) >= 11 is 0. The molecule has 0 radical (unpaired) electrons. The first-order valence-corrected chi connectivity index (χ1v) is 6.78. The minimum absolute atomic E-state index is 0.00539. The summed E-state index contributed by atoms with van der Waals surface area (Å²) in [7, 11) is 1.34. The highest BCUT2D eigenvalue weighted by Crippen LogP contribution is 2.29. The highest BCUT2D eigenvalue weighted by Gasteiger charge is 2.29. The Morgan fingerprint density at radius 1 is 1.20 bits per heavy atom. The van der Waals surface area contributed by atoms with Crippen molar-refractivity contribution in [2.24, 2.45) is 11.3 Å². The van der Waals surface area contributed by atoms with Crippen molar-refractivity contribution in [2.75, 3.05) is 12.4 Å². The SMILES string of the molecule is CCC(C(=O)Nc1ccc(C(=O)OC)cc1)C(C)(C)C. The van der Waals surface area contributed by atoms with Crippen molar-refractivity contribution in [1.29, 1.82) is 0 Å². The summed E-state index contributed by atoms with van der Waals surface area (Å²) < 4.78 is 4.63. The molecule has 0 saturated carbocycles. The van der Waals surface area contributed by atoms with E-state index in [-0.39, 0.29) is 23.2 Å². The molecule has 1 amide bonds. The molecule has 1 rings (SSSR count). The number of ether oxygens (including phenoxy) is 1. The summed E-state index contributed by atoms with van der Waals surface area (Å²) in [6.07, 6.45) is 0.787. The molecule has 110 valence electrons. The Labute approximate surface area is 120 Å². The molecule has 0 aliphatic carbocycles. The van der Waals surface area contributed by atoms with Crippen LogP contribution in [0.5, 0.6) is 0 Å². The fourth-order valence-corrected chi connectivity index (χ4v) is 2.23. The summed E-state index contributed by atoms with van der Waals surface area (Å²) in [6, 6.07) is 6.69. The molecule has 1 unspecified atom stereocenters. The molecular formula is C16H23NO3. The van der Waals surface area contributed by atoms with Crippen LogP contribution in [0, 0.1) is 11.3 Å². The van der Waals surface area contributed by atoms with Crippen molar-refractivity contribution < 1.29 is 14.3 Å². The molecule has 0 fully saturated rings. The van der Waals surface area contributed by atoms with Crippen molar-refractivity contribution in [2.45, 2.75) is 34.1 Å². The average molecular weight is 277 g/mol. The zero-order valence-corrected chi connectivity index (χ0v) is 12.8. The predicted octanol–water partition coefficient (Wildman–Crippen LogP) is 3.48. The van der Waals surface area contributed by atoms with Crippen molar-refractivity contribution in [1.82, 2.24) is 0 Å². The minimum Gasteiger partial charge on any atom is -0.465 e. The maximum Gasteiger partial charge on any atom is 0.337 e. The number of hydrogen-bond donors (Lipinski definition) is 1. The zero-order valence-electron chi connectivity index (χ0n) is 12.8. The highest BCUT2D eigenvalue weighted by atomic mass is 16.5. The second kappa shape index (κ2) is 6.55. The summed E-state index contributed by atoms with van der Waals surface area (Å²) in [6.45, 7) is 8.18. The van der Waals surface area contributed by atoms with Gasteiger partial charge in [-0.25, -0.2) is 4.79 Å². The van der Waals surface area contributed by atoms with Gasteiger partial charge in [-0.3, -0.25) is 4.79 Å². The Kier molecular flexibility index (Phi) is 5.31. The minimum atomic E-state index is -0.385. The van der Waals surface area contributed by atoms with Gasteiger partial charge in [-0.1, -0.05) is 27.7 Å². The van der Waals surface area contributed by atoms with E-state index >= 15 is 0 Å². The Hall–Kier alpha value is -1.84. The lowest BCUT2D eigenvalue weighted by Crippen LogP contribution is -2.32. The van der Waals surface area contributed by atoms with Gasteiger partial charge in [0.25, 0.3) is 0 Å². The van der Waals surface area contributed by atoms with Crippen molar-refractivity contribution in [3.8, 4) is 0 Å². The second-order valence-electron chi connectivity index (χ2n) is 5.89. The van der Waals surface area contributed by atoms with Crippen LogP contribution in [0.1, 0.15) is 44.5 Å². The van der Waals surface area contributed by atoms with Gasteiger partial charge in [0, 0.05) is 11.6 Å². The molecular weight excluding hydrogens is 254 g/mol. The van der Waals surface area contributed by atoms with Crippen LogP contribution in [0.15, 0.2) is 24.3 Å². The maximum atomic E-state index is 12.3. The van der Waals surface area contributed by atoms with E-state index in [9.17, 15) is 9.59 Å². The molecule has 0 aliphatic rings. The summed E-state index contributed by atoms with van der Waals surface area (Å²) in [5, 5.41) is 2.89. The molecule has 1 N–H and O–H groups in total. The first-order chi connectivity index (χ1) is 9.29. The van der Waals surface area contributed by atoms with Crippen molar-refractivity contribution >= 4 is 17.6 Å². The van der Waals surface area contributed by atoms with Gasteiger partial charge >= 0.3 is 5.97 Å². The van der Waals surface area contributed by atoms with E-state index < -0.39 is 0 Å². The molecule has 0 spiro atoms. The lowest BCUT2D eigenvalue weighted by molar-refractivity contribution is -0.123. The van der Waals surface area contributed by atoms with Gasteiger partial charge < -0.3 is 10.1 Å². The molecule has 0 saturated heterocycles. The number of nitrogens with one attached hydrogen (secondary N) is 1. The van der Waals surface area contributed by atoms with E-state index in [0.29, 0.717) is 11.3 Å². The fraction of sp³-hybridized carbons (Fsp3) is 0.500. The van der Waals surface area contributed by atoms with Gasteiger partial charge in [0.05, 0.1) is 12.7 Å². The normalized spacial score (nSPS) is 12.7. The van der Waals surface area contributed by atoms with Crippen LogP contribution in [-0.2, 0) is 9.53 Å². The number of amides is 1. The molecule has 1 aromatic rings. The average Bonchev–Trinajstić information content (AvgIpc) is 2.37. The molecule has 1 atom stereocenters. The molecule has 4 nitrogen and oxygen atoms in total. The first kappa shape index (κ1) is 16.2. The van der Waals surface area contributed by atoms with Crippen molar-refractivity contribution in [3.63, 3.8) is 0 Å². The Bertz CT molecular complexity index is 471. The highest BCUT2D eigenvalue weighted by molar-refractivity contribution is 5.94. The van der Waals surface area contributed by atoms with Gasteiger partial charge in [-0.05, 0) is 36.1 Å². The number of carbonyl (C=O) groups is 2. The van der Waals surface area contributed by atoms with E-state index in [1.165, 1.54) is 7.11 Å². The Morgan fingerprint density at radius 2 is 1.75 bits per heavy atom. The maximum absolute atomic E-state index is 12.3. The van der Waals surface area contributed by atoms with Crippen LogP contribution in [-0.4, -0.2) is 19.0 Å². The molecule has 0 aliphatic heterocycles. The van der Waals surface area contributed by atoms with Crippen LogP contribution in [0.25, 0.3) is 0 Å². The topological polar surface area (TPSA) is 55.4 Å². The molecule has 0 aromatic heterocycles. The number of rotatable bonds is 4. The van der Waals surface area contributed by atoms with Crippen LogP contribution in [0.3, 0.4) is 0 Å². The smallest absolute Gasteiger partial charge is 0.337 e. The van der Waals surface area contributed by atoms with Crippen LogP contribution in [0.4, 0.5) is 5.69 Å². The number of esters is 1. The van der Waals surface area contributed by atoms with Gasteiger partial charge in [0.2, 0.25) is 5.91 Å². The van der Waals surface area contributed by atoms with E-state index in [0.717, 1.165) is 6.42 Å². The Balaban J connectivity index is 2.78. The first-order valence-electron chi connectivity index (χ1n) is 6.78.